The molecule has 1 rings (SSSR count). The highest BCUT2D eigenvalue weighted by Gasteiger charge is 2.27. The summed E-state index contributed by atoms with van der Waals surface area (Å²) in [6, 6.07) is 5.09. The number of nitrogens with two attached hydrogens (primary N) is 1. The van der Waals surface area contributed by atoms with E-state index < -0.39 is 12.8 Å². The Bertz CT molecular complexity index is 365. The SMILES string of the molecule is Nc1cc(Br)cc(OCCCOCC(F)(F)F)c1. The summed E-state index contributed by atoms with van der Waals surface area (Å²) in [5.74, 6) is 0.567. The van der Waals surface area contributed by atoms with Crippen molar-refractivity contribution >= 4 is 21.6 Å². The highest BCUT2D eigenvalue weighted by molar-refractivity contribution is 9.10. The van der Waals surface area contributed by atoms with Gasteiger partial charge in [-0.15, -0.1) is 0 Å². The number of ether oxygens (including phenoxy) is 2. The molecule has 18 heavy (non-hydrogen) atoms. The van der Waals surface area contributed by atoms with Gasteiger partial charge in [0, 0.05) is 22.6 Å². The molecule has 0 fully saturated rings. The number of alkyl halides is 3. The fourth-order valence-electron chi connectivity index (χ4n) is 1.21. The minimum Gasteiger partial charge on any atom is -0.493 e. The minimum atomic E-state index is -4.28. The van der Waals surface area contributed by atoms with Gasteiger partial charge in [-0.3, -0.25) is 0 Å². The maximum absolute atomic E-state index is 11.7. The smallest absolute Gasteiger partial charge is 0.411 e. The van der Waals surface area contributed by atoms with Crippen LogP contribution >= 0.6 is 15.9 Å². The Balaban J connectivity index is 2.18. The Morgan fingerprint density at radius 2 is 1.89 bits per heavy atom. The van der Waals surface area contributed by atoms with Gasteiger partial charge in [-0.2, -0.15) is 13.2 Å². The number of hydrogen-bond donors (Lipinski definition) is 1. The second-order valence-electron chi connectivity index (χ2n) is 3.59. The fraction of sp³-hybridized carbons (Fsp3) is 0.455. The molecule has 7 heteroatoms. The van der Waals surface area contributed by atoms with E-state index in [1.807, 2.05) is 0 Å². The molecule has 0 atom stereocenters. The molecular formula is C11H13BrF3NO2. The predicted octanol–water partition coefficient (Wildman–Crippen LogP) is 3.38. The third-order valence-electron chi connectivity index (χ3n) is 1.86. The molecule has 3 nitrogen and oxygen atoms in total. The fourth-order valence-corrected chi connectivity index (χ4v) is 1.70. The minimum absolute atomic E-state index is 0.00297. The van der Waals surface area contributed by atoms with Crippen LogP contribution < -0.4 is 10.5 Å². The van der Waals surface area contributed by atoms with Crippen molar-refractivity contribution in [3.8, 4) is 5.75 Å². The second-order valence-corrected chi connectivity index (χ2v) is 4.51. The zero-order valence-electron chi connectivity index (χ0n) is 9.47. The molecule has 0 amide bonds. The van der Waals surface area contributed by atoms with Crippen LogP contribution in [0.5, 0.6) is 5.75 Å². The van der Waals surface area contributed by atoms with Gasteiger partial charge in [-0.1, -0.05) is 15.9 Å². The lowest BCUT2D eigenvalue weighted by molar-refractivity contribution is -0.174. The van der Waals surface area contributed by atoms with E-state index in [2.05, 4.69) is 20.7 Å². The monoisotopic (exact) mass is 327 g/mol. The van der Waals surface area contributed by atoms with Gasteiger partial charge in [0.15, 0.2) is 0 Å². The normalized spacial score (nSPS) is 11.6. The standard InChI is InChI=1S/C11H13BrF3NO2/c12-8-4-9(16)6-10(5-8)18-3-1-2-17-7-11(13,14)15/h4-6H,1-3,7,16H2. The largest absolute Gasteiger partial charge is 0.493 e. The molecule has 0 heterocycles. The van der Waals surface area contributed by atoms with Gasteiger partial charge >= 0.3 is 6.18 Å². The molecular weight excluding hydrogens is 315 g/mol. The van der Waals surface area contributed by atoms with E-state index in [4.69, 9.17) is 10.5 Å². The van der Waals surface area contributed by atoms with Gasteiger partial charge in [0.2, 0.25) is 0 Å². The van der Waals surface area contributed by atoms with E-state index in [0.717, 1.165) is 4.47 Å². The van der Waals surface area contributed by atoms with Crippen LogP contribution in [-0.4, -0.2) is 26.0 Å². The van der Waals surface area contributed by atoms with Crippen molar-refractivity contribution in [2.45, 2.75) is 12.6 Å². The van der Waals surface area contributed by atoms with Crippen LogP contribution in [0.25, 0.3) is 0 Å². The van der Waals surface area contributed by atoms with Crippen LogP contribution in [0.4, 0.5) is 18.9 Å². The van der Waals surface area contributed by atoms with Gasteiger partial charge in [-0.25, -0.2) is 0 Å². The summed E-state index contributed by atoms with van der Waals surface area (Å²) in [5.41, 5.74) is 6.15. The summed E-state index contributed by atoms with van der Waals surface area (Å²) in [6.07, 6.45) is -3.90. The summed E-state index contributed by atoms with van der Waals surface area (Å²) in [5, 5.41) is 0. The summed E-state index contributed by atoms with van der Waals surface area (Å²) in [7, 11) is 0. The van der Waals surface area contributed by atoms with E-state index in [0.29, 0.717) is 17.9 Å². The van der Waals surface area contributed by atoms with Crippen LogP contribution in [0.2, 0.25) is 0 Å². The molecule has 1 aromatic rings. The Hall–Kier alpha value is -0.950. The predicted molar refractivity (Wildman–Crippen MR) is 65.5 cm³/mol. The number of nitrogen functional groups attached to an aromatic ring is 1. The first-order valence-corrected chi connectivity index (χ1v) is 5.99. The third kappa shape index (κ3) is 6.70. The average molecular weight is 328 g/mol. The van der Waals surface area contributed by atoms with Crippen molar-refractivity contribution in [2.24, 2.45) is 0 Å². The number of halogens is 4. The topological polar surface area (TPSA) is 44.5 Å². The molecule has 102 valence electrons. The van der Waals surface area contributed by atoms with E-state index in [9.17, 15) is 13.2 Å². The number of rotatable bonds is 6. The lowest BCUT2D eigenvalue weighted by Crippen LogP contribution is -2.18. The number of anilines is 1. The van der Waals surface area contributed by atoms with Gasteiger partial charge in [0.1, 0.15) is 12.4 Å². The lowest BCUT2D eigenvalue weighted by Gasteiger charge is -2.09. The van der Waals surface area contributed by atoms with Crippen LogP contribution in [0.3, 0.4) is 0 Å². The first-order valence-electron chi connectivity index (χ1n) is 5.20. The van der Waals surface area contributed by atoms with E-state index in [1.54, 1.807) is 18.2 Å². The summed E-state index contributed by atoms with van der Waals surface area (Å²) < 4.78 is 45.8. The molecule has 0 unspecified atom stereocenters. The molecule has 0 radical (unpaired) electrons. The van der Waals surface area contributed by atoms with Gasteiger partial charge in [0.25, 0.3) is 0 Å². The van der Waals surface area contributed by atoms with Crippen molar-refractivity contribution in [2.75, 3.05) is 25.6 Å². The van der Waals surface area contributed by atoms with Gasteiger partial charge in [-0.05, 0) is 12.1 Å². The molecule has 0 aliphatic heterocycles. The lowest BCUT2D eigenvalue weighted by atomic mass is 10.3. The van der Waals surface area contributed by atoms with Gasteiger partial charge in [0.05, 0.1) is 13.2 Å². The van der Waals surface area contributed by atoms with Crippen molar-refractivity contribution in [1.29, 1.82) is 0 Å². The van der Waals surface area contributed by atoms with Crippen molar-refractivity contribution in [3.05, 3.63) is 22.7 Å². The zero-order chi connectivity index (χ0) is 13.6. The Labute approximate surface area is 111 Å². The van der Waals surface area contributed by atoms with Gasteiger partial charge < -0.3 is 15.2 Å². The molecule has 0 bridgehead atoms. The Kier molecular flexibility index (Phi) is 5.74. The molecule has 0 spiro atoms. The maximum Gasteiger partial charge on any atom is 0.411 e. The average Bonchev–Trinajstić information content (AvgIpc) is 2.20. The molecule has 0 saturated heterocycles. The maximum atomic E-state index is 11.7. The van der Waals surface area contributed by atoms with E-state index in [1.165, 1.54) is 0 Å². The quantitative estimate of drug-likeness (QED) is 0.643. The first-order chi connectivity index (χ1) is 8.37. The summed E-state index contributed by atoms with van der Waals surface area (Å²) in [4.78, 5) is 0. The Morgan fingerprint density at radius 3 is 2.50 bits per heavy atom. The van der Waals surface area contributed by atoms with Crippen molar-refractivity contribution < 1.29 is 22.6 Å². The van der Waals surface area contributed by atoms with Crippen molar-refractivity contribution in [3.63, 3.8) is 0 Å². The molecule has 0 aromatic heterocycles. The van der Waals surface area contributed by atoms with E-state index >= 15 is 0 Å². The molecule has 0 aliphatic rings. The van der Waals surface area contributed by atoms with Crippen molar-refractivity contribution in [1.82, 2.24) is 0 Å². The third-order valence-corrected chi connectivity index (χ3v) is 2.32. The highest BCUT2D eigenvalue weighted by atomic mass is 79.9. The summed E-state index contributed by atoms with van der Waals surface area (Å²) in [6.45, 7) is -0.951. The molecule has 0 saturated carbocycles. The van der Waals surface area contributed by atoms with Crippen LogP contribution in [0.1, 0.15) is 6.42 Å². The first kappa shape index (κ1) is 15.1. The van der Waals surface area contributed by atoms with E-state index in [-0.39, 0.29) is 13.2 Å². The molecule has 0 aliphatic carbocycles. The zero-order valence-corrected chi connectivity index (χ0v) is 11.1. The number of benzene rings is 1. The Morgan fingerprint density at radius 1 is 1.17 bits per heavy atom. The highest BCUT2D eigenvalue weighted by Crippen LogP contribution is 2.22. The van der Waals surface area contributed by atoms with Crippen LogP contribution in [-0.2, 0) is 4.74 Å². The van der Waals surface area contributed by atoms with Crippen LogP contribution in [0.15, 0.2) is 22.7 Å². The second kappa shape index (κ2) is 6.84. The molecule has 1 aromatic carbocycles. The number of hydrogen-bond acceptors (Lipinski definition) is 3. The molecule has 2 N–H and O–H groups in total. The van der Waals surface area contributed by atoms with Crippen LogP contribution in [0, 0.1) is 0 Å². The summed E-state index contributed by atoms with van der Waals surface area (Å²) >= 11 is 3.26.